The van der Waals surface area contributed by atoms with Gasteiger partial charge in [-0.3, -0.25) is 4.72 Å². The third kappa shape index (κ3) is 4.97. The number of rotatable bonds is 7. The third-order valence-corrected chi connectivity index (χ3v) is 4.64. The van der Waals surface area contributed by atoms with Crippen LogP contribution in [0.15, 0.2) is 24.3 Å². The first-order valence-corrected chi connectivity index (χ1v) is 8.78. The Kier molecular flexibility index (Phi) is 5.76. The number of anilines is 1. The molecule has 0 amide bonds. The van der Waals surface area contributed by atoms with E-state index in [4.69, 9.17) is 5.11 Å². The molecule has 8 heteroatoms. The van der Waals surface area contributed by atoms with Gasteiger partial charge in [-0.1, -0.05) is 18.6 Å². The quantitative estimate of drug-likeness (QED) is 0.697. The predicted molar refractivity (Wildman–Crippen MR) is 84.2 cm³/mol. The van der Waals surface area contributed by atoms with Crippen molar-refractivity contribution in [2.24, 2.45) is 0 Å². The van der Waals surface area contributed by atoms with Gasteiger partial charge in [0.2, 0.25) is 0 Å². The molecule has 2 rings (SSSR count). The molecule has 1 aliphatic rings. The summed E-state index contributed by atoms with van der Waals surface area (Å²) in [6.45, 7) is 2.94. The summed E-state index contributed by atoms with van der Waals surface area (Å²) in [6, 6.07) is 5.91. The van der Waals surface area contributed by atoms with Crippen LogP contribution in [0.5, 0.6) is 0 Å². The zero-order chi connectivity index (χ0) is 16.0. The molecular formula is C14H21N3O4S. The first kappa shape index (κ1) is 16.7. The molecule has 0 saturated carbocycles. The molecule has 1 aromatic carbocycles. The number of aromatic carboxylic acids is 1. The van der Waals surface area contributed by atoms with Gasteiger partial charge in [0.25, 0.3) is 10.2 Å². The van der Waals surface area contributed by atoms with Crippen molar-refractivity contribution in [1.29, 1.82) is 0 Å². The molecule has 3 N–H and O–H groups in total. The Morgan fingerprint density at radius 3 is 2.55 bits per heavy atom. The molecule has 1 heterocycles. The van der Waals surface area contributed by atoms with Gasteiger partial charge in [0.05, 0.1) is 11.3 Å². The van der Waals surface area contributed by atoms with Gasteiger partial charge in [-0.15, -0.1) is 0 Å². The Bertz CT molecular complexity index is 612. The van der Waals surface area contributed by atoms with E-state index < -0.39 is 16.2 Å². The van der Waals surface area contributed by atoms with Gasteiger partial charge in [-0.05, 0) is 38.1 Å². The highest BCUT2D eigenvalue weighted by atomic mass is 32.2. The van der Waals surface area contributed by atoms with Crippen LogP contribution in [-0.2, 0) is 10.2 Å². The van der Waals surface area contributed by atoms with Crippen LogP contribution in [-0.4, -0.2) is 50.6 Å². The lowest BCUT2D eigenvalue weighted by molar-refractivity contribution is 0.0698. The summed E-state index contributed by atoms with van der Waals surface area (Å²) < 4.78 is 28.7. The largest absolute Gasteiger partial charge is 0.478 e. The average Bonchev–Trinajstić information content (AvgIpc) is 2.48. The maximum absolute atomic E-state index is 12.0. The number of benzene rings is 1. The van der Waals surface area contributed by atoms with E-state index in [-0.39, 0.29) is 11.3 Å². The van der Waals surface area contributed by atoms with Crippen LogP contribution in [0.3, 0.4) is 0 Å². The Morgan fingerprint density at radius 2 is 1.86 bits per heavy atom. The minimum absolute atomic E-state index is 0.0560. The molecule has 1 aromatic rings. The van der Waals surface area contributed by atoms with Crippen LogP contribution in [0, 0.1) is 0 Å². The minimum atomic E-state index is -3.78. The van der Waals surface area contributed by atoms with Crippen molar-refractivity contribution < 1.29 is 18.3 Å². The molecule has 7 nitrogen and oxygen atoms in total. The van der Waals surface area contributed by atoms with Crippen LogP contribution < -0.4 is 9.44 Å². The van der Waals surface area contributed by atoms with Crippen LogP contribution in [0.2, 0.25) is 0 Å². The molecule has 0 bridgehead atoms. The van der Waals surface area contributed by atoms with Gasteiger partial charge >= 0.3 is 5.97 Å². The summed E-state index contributed by atoms with van der Waals surface area (Å²) in [5, 5.41) is 9.05. The smallest absolute Gasteiger partial charge is 0.337 e. The SMILES string of the molecule is O=C(O)c1ccccc1NS(=O)(=O)NCCN1CCCCC1. The lowest BCUT2D eigenvalue weighted by Crippen LogP contribution is -2.39. The Labute approximate surface area is 130 Å². The Hall–Kier alpha value is -1.64. The van der Waals surface area contributed by atoms with Crippen molar-refractivity contribution in [3.63, 3.8) is 0 Å². The fourth-order valence-corrected chi connectivity index (χ4v) is 3.36. The van der Waals surface area contributed by atoms with E-state index >= 15 is 0 Å². The van der Waals surface area contributed by atoms with Crippen molar-refractivity contribution in [1.82, 2.24) is 9.62 Å². The predicted octanol–water partition coefficient (Wildman–Crippen LogP) is 1.12. The summed E-state index contributed by atoms with van der Waals surface area (Å²) in [4.78, 5) is 13.3. The molecule has 1 saturated heterocycles. The zero-order valence-electron chi connectivity index (χ0n) is 12.3. The maximum atomic E-state index is 12.0. The lowest BCUT2D eigenvalue weighted by atomic mass is 10.1. The highest BCUT2D eigenvalue weighted by Gasteiger charge is 2.16. The van der Waals surface area contributed by atoms with E-state index in [0.717, 1.165) is 25.9 Å². The first-order chi connectivity index (χ1) is 10.5. The van der Waals surface area contributed by atoms with E-state index in [9.17, 15) is 13.2 Å². The molecule has 0 unspecified atom stereocenters. The number of carboxylic acids is 1. The summed E-state index contributed by atoms with van der Waals surface area (Å²) in [7, 11) is -3.78. The fourth-order valence-electron chi connectivity index (χ4n) is 2.46. The minimum Gasteiger partial charge on any atom is -0.478 e. The van der Waals surface area contributed by atoms with Gasteiger partial charge in [-0.25, -0.2) is 4.79 Å². The second-order valence-corrected chi connectivity index (χ2v) is 6.75. The Balaban J connectivity index is 1.89. The van der Waals surface area contributed by atoms with E-state index in [2.05, 4.69) is 14.3 Å². The van der Waals surface area contributed by atoms with Gasteiger partial charge in [0.15, 0.2) is 0 Å². The summed E-state index contributed by atoms with van der Waals surface area (Å²) in [5.41, 5.74) is -0.0237. The number of nitrogens with zero attached hydrogens (tertiary/aromatic N) is 1. The van der Waals surface area contributed by atoms with Crippen molar-refractivity contribution in [3.05, 3.63) is 29.8 Å². The molecule has 0 aromatic heterocycles. The van der Waals surface area contributed by atoms with E-state index in [1.807, 2.05) is 0 Å². The Morgan fingerprint density at radius 1 is 1.18 bits per heavy atom. The topological polar surface area (TPSA) is 98.7 Å². The maximum Gasteiger partial charge on any atom is 0.337 e. The highest BCUT2D eigenvalue weighted by Crippen LogP contribution is 2.15. The van der Waals surface area contributed by atoms with Crippen LogP contribution >= 0.6 is 0 Å². The fraction of sp³-hybridized carbons (Fsp3) is 0.500. The first-order valence-electron chi connectivity index (χ1n) is 7.30. The van der Waals surface area contributed by atoms with Crippen LogP contribution in [0.25, 0.3) is 0 Å². The number of nitrogens with one attached hydrogen (secondary N) is 2. The molecule has 122 valence electrons. The highest BCUT2D eigenvalue weighted by molar-refractivity contribution is 7.90. The van der Waals surface area contributed by atoms with Crippen LogP contribution in [0.4, 0.5) is 5.69 Å². The van der Waals surface area contributed by atoms with E-state index in [1.54, 1.807) is 12.1 Å². The molecule has 0 aliphatic carbocycles. The van der Waals surface area contributed by atoms with Crippen molar-refractivity contribution in [3.8, 4) is 0 Å². The number of para-hydroxylation sites is 1. The number of piperidine rings is 1. The standard InChI is InChI=1S/C14H21N3O4S/c18-14(19)12-6-2-3-7-13(12)16-22(20,21)15-8-11-17-9-4-1-5-10-17/h2-3,6-7,15-16H,1,4-5,8-11H2,(H,18,19). The van der Waals surface area contributed by atoms with Crippen molar-refractivity contribution >= 4 is 21.9 Å². The lowest BCUT2D eigenvalue weighted by Gasteiger charge is -2.26. The van der Waals surface area contributed by atoms with Gasteiger partial charge in [-0.2, -0.15) is 13.1 Å². The molecule has 0 spiro atoms. The van der Waals surface area contributed by atoms with E-state index in [0.29, 0.717) is 13.1 Å². The molecule has 22 heavy (non-hydrogen) atoms. The van der Waals surface area contributed by atoms with Gasteiger partial charge < -0.3 is 10.0 Å². The summed E-state index contributed by atoms with van der Waals surface area (Å²) in [5.74, 6) is -1.17. The number of carbonyl (C=O) groups is 1. The average molecular weight is 327 g/mol. The second kappa shape index (κ2) is 7.57. The number of likely N-dealkylation sites (tertiary alicyclic amines) is 1. The summed E-state index contributed by atoms with van der Waals surface area (Å²) >= 11 is 0. The van der Waals surface area contributed by atoms with Crippen molar-refractivity contribution in [2.75, 3.05) is 30.9 Å². The van der Waals surface area contributed by atoms with E-state index in [1.165, 1.54) is 18.6 Å². The number of carboxylic acid groups (broad SMARTS) is 1. The monoisotopic (exact) mass is 327 g/mol. The molecular weight excluding hydrogens is 306 g/mol. The summed E-state index contributed by atoms with van der Waals surface area (Å²) in [6.07, 6.45) is 3.53. The zero-order valence-corrected chi connectivity index (χ0v) is 13.1. The normalized spacial score (nSPS) is 16.4. The van der Waals surface area contributed by atoms with Crippen molar-refractivity contribution in [2.45, 2.75) is 19.3 Å². The second-order valence-electron chi connectivity index (χ2n) is 5.25. The molecule has 1 aliphatic heterocycles. The number of hydrogen-bond donors (Lipinski definition) is 3. The third-order valence-electron chi connectivity index (χ3n) is 3.57. The molecule has 0 radical (unpaired) electrons. The van der Waals surface area contributed by atoms with Gasteiger partial charge in [0.1, 0.15) is 0 Å². The molecule has 1 fully saturated rings. The molecule has 0 atom stereocenters. The van der Waals surface area contributed by atoms with Gasteiger partial charge in [0, 0.05) is 13.1 Å². The number of hydrogen-bond acceptors (Lipinski definition) is 4. The van der Waals surface area contributed by atoms with Crippen LogP contribution in [0.1, 0.15) is 29.6 Å².